The lowest BCUT2D eigenvalue weighted by Gasteiger charge is -1.93. The van der Waals surface area contributed by atoms with Gasteiger partial charge < -0.3 is 16.6 Å². The minimum atomic E-state index is -0.935. The lowest BCUT2D eigenvalue weighted by Crippen LogP contribution is -2.12. The number of carboxylic acid groups (broad SMARTS) is 1. The molecule has 0 radical (unpaired) electrons. The minimum Gasteiger partial charge on any atom is -0.478 e. The number of carboxylic acids is 1. The van der Waals surface area contributed by atoms with Gasteiger partial charge in [-0.1, -0.05) is 6.58 Å². The molecule has 2 amide bonds. The van der Waals surface area contributed by atoms with Crippen LogP contribution in [-0.2, 0) is 14.4 Å². The summed E-state index contributed by atoms with van der Waals surface area (Å²) in [5, 5.41) is 7.89. The van der Waals surface area contributed by atoms with E-state index in [2.05, 4.69) is 6.58 Å². The van der Waals surface area contributed by atoms with Crippen molar-refractivity contribution in [1.29, 1.82) is 0 Å². The third-order valence-corrected chi connectivity index (χ3v) is 1.46. The summed E-state index contributed by atoms with van der Waals surface area (Å²) in [5.41, 5.74) is 9.88. The molecule has 0 atom stereocenters. The smallest absolute Gasteiger partial charge is 0.330 e. The summed E-state index contributed by atoms with van der Waals surface area (Å²) in [6.45, 7) is 4.60. The highest BCUT2D eigenvalue weighted by Gasteiger charge is 1.96. The van der Waals surface area contributed by atoms with E-state index in [0.717, 1.165) is 0 Å². The second-order valence-electron chi connectivity index (χ2n) is 3.23. The number of primary amides is 2. The summed E-state index contributed by atoms with van der Waals surface area (Å²) in [4.78, 5) is 29.9. The molecule has 0 spiro atoms. The van der Waals surface area contributed by atoms with Gasteiger partial charge >= 0.3 is 5.97 Å². The van der Waals surface area contributed by atoms with E-state index in [0.29, 0.717) is 25.7 Å². The Kier molecular flexibility index (Phi) is 10.0. The molecule has 0 aliphatic rings. The van der Waals surface area contributed by atoms with Gasteiger partial charge in [-0.2, -0.15) is 0 Å². The molecule has 0 aliphatic carbocycles. The Labute approximate surface area is 94.3 Å². The Balaban J connectivity index is 0. The van der Waals surface area contributed by atoms with Crippen molar-refractivity contribution >= 4 is 17.8 Å². The first-order chi connectivity index (χ1) is 7.27. The Morgan fingerprint density at radius 1 is 1.06 bits per heavy atom. The van der Waals surface area contributed by atoms with Gasteiger partial charge in [0.15, 0.2) is 0 Å². The maximum absolute atomic E-state index is 10.2. The monoisotopic (exact) mass is 230 g/mol. The van der Waals surface area contributed by atoms with E-state index in [1.165, 1.54) is 6.92 Å². The molecule has 0 aromatic carbocycles. The normalized spacial score (nSPS) is 8.56. The summed E-state index contributed by atoms with van der Waals surface area (Å²) in [6.07, 6.45) is 1.98. The van der Waals surface area contributed by atoms with Gasteiger partial charge in [0.25, 0.3) is 0 Å². The van der Waals surface area contributed by atoms with Crippen LogP contribution in [-0.4, -0.2) is 22.9 Å². The SMILES string of the molecule is C=C(C)C(=O)O.NC(=O)CCCCC(N)=O. The van der Waals surface area contributed by atoms with Crippen LogP contribution in [0.1, 0.15) is 32.6 Å². The molecule has 0 aromatic heterocycles. The molecule has 0 aliphatic heterocycles. The first-order valence-electron chi connectivity index (χ1n) is 4.72. The third-order valence-electron chi connectivity index (χ3n) is 1.46. The van der Waals surface area contributed by atoms with Gasteiger partial charge in [0.05, 0.1) is 0 Å². The number of unbranched alkanes of at least 4 members (excludes halogenated alkanes) is 1. The molecule has 0 bridgehead atoms. The van der Waals surface area contributed by atoms with Crippen molar-refractivity contribution in [2.24, 2.45) is 11.5 Å². The molecule has 92 valence electrons. The van der Waals surface area contributed by atoms with E-state index >= 15 is 0 Å². The molecule has 6 heteroatoms. The molecule has 0 rings (SSSR count). The van der Waals surface area contributed by atoms with Gasteiger partial charge in [0, 0.05) is 18.4 Å². The van der Waals surface area contributed by atoms with Gasteiger partial charge in [-0.3, -0.25) is 9.59 Å². The minimum absolute atomic E-state index is 0.176. The Morgan fingerprint density at radius 3 is 1.44 bits per heavy atom. The summed E-state index contributed by atoms with van der Waals surface area (Å²) < 4.78 is 0. The lowest BCUT2D eigenvalue weighted by atomic mass is 10.2. The van der Waals surface area contributed by atoms with Gasteiger partial charge in [-0.15, -0.1) is 0 Å². The molecule has 0 unspecified atom stereocenters. The van der Waals surface area contributed by atoms with Crippen molar-refractivity contribution in [2.75, 3.05) is 0 Å². The number of carbonyl (C=O) groups excluding carboxylic acids is 2. The standard InChI is InChI=1S/C6H12N2O2.C4H6O2/c7-5(9)3-1-2-4-6(8)10;1-3(2)4(5)6/h1-4H2,(H2,7,9)(H2,8,10);1H2,2H3,(H,5,6). The highest BCUT2D eigenvalue weighted by molar-refractivity contribution is 5.84. The lowest BCUT2D eigenvalue weighted by molar-refractivity contribution is -0.132. The zero-order valence-corrected chi connectivity index (χ0v) is 9.36. The molecule has 0 aromatic rings. The van der Waals surface area contributed by atoms with Gasteiger partial charge in [-0.25, -0.2) is 4.79 Å². The van der Waals surface area contributed by atoms with E-state index < -0.39 is 5.97 Å². The fourth-order valence-electron chi connectivity index (χ4n) is 0.598. The highest BCUT2D eigenvalue weighted by atomic mass is 16.4. The highest BCUT2D eigenvalue weighted by Crippen LogP contribution is 1.97. The van der Waals surface area contributed by atoms with E-state index in [4.69, 9.17) is 16.6 Å². The van der Waals surface area contributed by atoms with Crippen LogP contribution >= 0.6 is 0 Å². The van der Waals surface area contributed by atoms with Crippen molar-refractivity contribution in [2.45, 2.75) is 32.6 Å². The summed E-state index contributed by atoms with van der Waals surface area (Å²) in [7, 11) is 0. The van der Waals surface area contributed by atoms with Crippen LogP contribution < -0.4 is 11.5 Å². The van der Waals surface area contributed by atoms with E-state index in [1.807, 2.05) is 0 Å². The van der Waals surface area contributed by atoms with Crippen molar-refractivity contribution in [3.05, 3.63) is 12.2 Å². The van der Waals surface area contributed by atoms with Crippen LogP contribution in [0.5, 0.6) is 0 Å². The van der Waals surface area contributed by atoms with Crippen LogP contribution in [0.25, 0.3) is 0 Å². The molecule has 16 heavy (non-hydrogen) atoms. The molecule has 5 N–H and O–H groups in total. The Hall–Kier alpha value is -1.85. The second kappa shape index (κ2) is 9.70. The zero-order chi connectivity index (χ0) is 13.1. The predicted molar refractivity (Wildman–Crippen MR) is 59.3 cm³/mol. The number of rotatable bonds is 6. The van der Waals surface area contributed by atoms with E-state index in [9.17, 15) is 14.4 Å². The largest absolute Gasteiger partial charge is 0.478 e. The second-order valence-corrected chi connectivity index (χ2v) is 3.23. The zero-order valence-electron chi connectivity index (χ0n) is 9.36. The summed E-state index contributed by atoms with van der Waals surface area (Å²) in [5.74, 6) is -1.59. The molecular formula is C10H18N2O4. The van der Waals surface area contributed by atoms with Crippen LogP contribution in [0.3, 0.4) is 0 Å². The number of nitrogens with two attached hydrogens (primary N) is 2. The fourth-order valence-corrected chi connectivity index (χ4v) is 0.598. The van der Waals surface area contributed by atoms with E-state index in [1.54, 1.807) is 0 Å². The summed E-state index contributed by atoms with van der Waals surface area (Å²) >= 11 is 0. The molecule has 0 saturated carbocycles. The van der Waals surface area contributed by atoms with Crippen molar-refractivity contribution in [3.63, 3.8) is 0 Å². The number of carbonyl (C=O) groups is 3. The Bertz CT molecular complexity index is 246. The topological polar surface area (TPSA) is 123 Å². The van der Waals surface area contributed by atoms with Crippen LogP contribution in [0.4, 0.5) is 0 Å². The van der Waals surface area contributed by atoms with Crippen molar-refractivity contribution < 1.29 is 19.5 Å². The van der Waals surface area contributed by atoms with Crippen LogP contribution in [0, 0.1) is 0 Å². The van der Waals surface area contributed by atoms with Crippen LogP contribution in [0.2, 0.25) is 0 Å². The number of aliphatic carboxylic acids is 1. The fraction of sp³-hybridized carbons (Fsp3) is 0.500. The van der Waals surface area contributed by atoms with Gasteiger partial charge in [-0.05, 0) is 19.8 Å². The maximum atomic E-state index is 10.2. The first kappa shape index (κ1) is 16.6. The third kappa shape index (κ3) is 18.0. The summed E-state index contributed by atoms with van der Waals surface area (Å²) in [6, 6.07) is 0. The van der Waals surface area contributed by atoms with Gasteiger partial charge in [0.2, 0.25) is 11.8 Å². The van der Waals surface area contributed by atoms with Crippen molar-refractivity contribution in [1.82, 2.24) is 0 Å². The van der Waals surface area contributed by atoms with Crippen molar-refractivity contribution in [3.8, 4) is 0 Å². The molecule has 6 nitrogen and oxygen atoms in total. The first-order valence-corrected chi connectivity index (χ1v) is 4.72. The predicted octanol–water partition coefficient (Wildman–Crippen LogP) is 0.165. The number of hydrogen-bond acceptors (Lipinski definition) is 3. The molecule has 0 saturated heterocycles. The quantitative estimate of drug-likeness (QED) is 0.444. The average molecular weight is 230 g/mol. The Morgan fingerprint density at radius 2 is 1.31 bits per heavy atom. The molecule has 0 fully saturated rings. The number of amides is 2. The molecular weight excluding hydrogens is 212 g/mol. The van der Waals surface area contributed by atoms with E-state index in [-0.39, 0.29) is 17.4 Å². The van der Waals surface area contributed by atoms with Gasteiger partial charge in [0.1, 0.15) is 0 Å². The number of hydrogen-bond donors (Lipinski definition) is 3. The van der Waals surface area contributed by atoms with Crippen LogP contribution in [0.15, 0.2) is 12.2 Å². The average Bonchev–Trinajstić information content (AvgIpc) is 2.12. The maximum Gasteiger partial charge on any atom is 0.330 e. The molecule has 0 heterocycles.